The zero-order valence-electron chi connectivity index (χ0n) is 16.8. The third-order valence-corrected chi connectivity index (χ3v) is 6.93. The van der Waals surface area contributed by atoms with Gasteiger partial charge in [-0.1, -0.05) is 5.16 Å². The molecule has 1 aromatic heterocycles. The predicted octanol–water partition coefficient (Wildman–Crippen LogP) is -4.34. The molecule has 2 saturated heterocycles. The number of β-lactam (4-membered cyclic amide) rings is 1. The summed E-state index contributed by atoms with van der Waals surface area (Å²) in [6, 6.07) is -0.916. The first kappa shape index (κ1) is 24.0. The molecule has 4 heterocycles. The van der Waals surface area contributed by atoms with E-state index in [9.17, 15) is 19.5 Å². The number of amides is 2. The molecule has 0 spiro atoms. The number of carboxylic acids is 1. The molecule has 31 heavy (non-hydrogen) atoms. The van der Waals surface area contributed by atoms with E-state index >= 15 is 0 Å². The van der Waals surface area contributed by atoms with E-state index in [1.807, 2.05) is 0 Å². The average molecular weight is 475 g/mol. The smallest absolute Gasteiger partial charge is 0.543 e. The molecule has 1 aromatic rings. The van der Waals surface area contributed by atoms with E-state index in [2.05, 4.69) is 15.5 Å². The van der Waals surface area contributed by atoms with Crippen LogP contribution in [0.2, 0.25) is 0 Å². The number of nitrogens with one attached hydrogen (secondary N) is 1. The Bertz CT molecular complexity index is 961. The van der Waals surface area contributed by atoms with E-state index in [4.69, 9.17) is 15.3 Å². The number of carbonyl (C=O) groups is 3. The number of carbonyl (C=O) groups excluding carboxylic acids is 3. The number of rotatable bonds is 6. The second kappa shape index (κ2) is 9.88. The second-order valence-electron chi connectivity index (χ2n) is 6.72. The van der Waals surface area contributed by atoms with Gasteiger partial charge in [0.15, 0.2) is 10.8 Å². The molecule has 0 aliphatic carbocycles. The van der Waals surface area contributed by atoms with Crippen LogP contribution in [-0.2, 0) is 24.0 Å². The molecule has 3 aliphatic heterocycles. The number of aliphatic carboxylic acids is 1. The maximum Gasteiger partial charge on any atom is 1.00 e. The number of fused-ring (bicyclic) bond motifs is 1. The summed E-state index contributed by atoms with van der Waals surface area (Å²) in [4.78, 5) is 47.2. The Morgan fingerprint density at radius 1 is 1.48 bits per heavy atom. The average Bonchev–Trinajstić information content (AvgIpc) is 3.40. The third kappa shape index (κ3) is 4.47. The second-order valence-corrected chi connectivity index (χ2v) is 8.71. The number of thiazole rings is 1. The molecular weight excluding hydrogens is 457 g/mol. The first-order valence-corrected chi connectivity index (χ1v) is 11.0. The SMILES string of the molecule is CO/N=C(\C(=O)N[C@@H]1C(=O)N2C(C(=O)[O-])=C([C@@H]3CCCO3)CS[C@H]12)c1csc(N)n1.[Na+]. The van der Waals surface area contributed by atoms with Gasteiger partial charge in [0.05, 0.1) is 17.8 Å². The predicted molar refractivity (Wildman–Crippen MR) is 106 cm³/mol. The van der Waals surface area contributed by atoms with Crippen molar-refractivity contribution in [1.82, 2.24) is 15.2 Å². The summed E-state index contributed by atoms with van der Waals surface area (Å²) in [7, 11) is 1.28. The Labute approximate surface area is 207 Å². The Balaban J connectivity index is 0.00000272. The van der Waals surface area contributed by atoms with Crippen LogP contribution in [0, 0.1) is 0 Å². The minimum atomic E-state index is -1.43. The van der Waals surface area contributed by atoms with Gasteiger partial charge in [-0.25, -0.2) is 4.98 Å². The van der Waals surface area contributed by atoms with Crippen molar-refractivity contribution in [1.29, 1.82) is 0 Å². The number of carboxylic acid groups (broad SMARTS) is 1. The molecule has 14 heteroatoms. The number of nitrogens with zero attached hydrogens (tertiary/aromatic N) is 3. The van der Waals surface area contributed by atoms with E-state index in [-0.39, 0.29) is 57.9 Å². The molecule has 3 aliphatic rings. The first-order chi connectivity index (χ1) is 14.4. The van der Waals surface area contributed by atoms with Crippen molar-refractivity contribution >= 4 is 51.7 Å². The standard InChI is InChI=1S/C17H19N5O6S2.Na/c1-27-21-10(8-6-30-17(18)19-8)13(23)20-11-14(24)22-12(16(25)26)7(5-29-15(11)22)9-3-2-4-28-9;/h6,9,11,15H,2-5H2,1H3,(H2,18,19)(H,20,23)(H,25,26);/q;+1/p-1/b21-10-;/t9-,11+,15+;/m0./s1. The minimum absolute atomic E-state index is 0. The van der Waals surface area contributed by atoms with Crippen LogP contribution in [0.5, 0.6) is 0 Å². The van der Waals surface area contributed by atoms with Crippen LogP contribution in [0.3, 0.4) is 0 Å². The number of nitrogen functional groups attached to an aromatic ring is 1. The molecule has 0 radical (unpaired) electrons. The van der Waals surface area contributed by atoms with Crippen LogP contribution in [0.15, 0.2) is 21.8 Å². The third-order valence-electron chi connectivity index (χ3n) is 4.96. The first-order valence-electron chi connectivity index (χ1n) is 9.06. The summed E-state index contributed by atoms with van der Waals surface area (Å²) in [6.45, 7) is 0.554. The van der Waals surface area contributed by atoms with Gasteiger partial charge in [0, 0.05) is 17.7 Å². The van der Waals surface area contributed by atoms with Crippen LogP contribution >= 0.6 is 23.1 Å². The van der Waals surface area contributed by atoms with Crippen molar-refractivity contribution in [2.45, 2.75) is 30.4 Å². The molecule has 0 aromatic carbocycles. The molecule has 3 atom stereocenters. The monoisotopic (exact) mass is 475 g/mol. The van der Waals surface area contributed by atoms with Crippen molar-refractivity contribution < 1.29 is 58.6 Å². The van der Waals surface area contributed by atoms with Crippen LogP contribution in [0.25, 0.3) is 0 Å². The Morgan fingerprint density at radius 3 is 2.84 bits per heavy atom. The fourth-order valence-corrected chi connectivity index (χ4v) is 5.59. The van der Waals surface area contributed by atoms with Crippen molar-refractivity contribution in [3.63, 3.8) is 0 Å². The van der Waals surface area contributed by atoms with Gasteiger partial charge in [0.2, 0.25) is 0 Å². The number of ether oxygens (including phenoxy) is 1. The summed E-state index contributed by atoms with van der Waals surface area (Å²) in [6.07, 6.45) is 1.20. The molecule has 11 nitrogen and oxygen atoms in total. The largest absolute Gasteiger partial charge is 1.00 e. The molecule has 0 bridgehead atoms. The minimum Gasteiger partial charge on any atom is -0.543 e. The summed E-state index contributed by atoms with van der Waals surface area (Å²) in [5.41, 5.74) is 6.09. The topological polar surface area (TPSA) is 159 Å². The van der Waals surface area contributed by atoms with E-state index in [0.29, 0.717) is 24.4 Å². The quantitative estimate of drug-likeness (QED) is 0.179. The fraction of sp³-hybridized carbons (Fsp3) is 0.471. The van der Waals surface area contributed by atoms with Crippen molar-refractivity contribution in [3.05, 3.63) is 22.3 Å². The Hall–Kier alpha value is -1.64. The summed E-state index contributed by atoms with van der Waals surface area (Å²) >= 11 is 2.49. The fourth-order valence-electron chi connectivity index (χ4n) is 3.63. The van der Waals surface area contributed by atoms with Crippen LogP contribution < -0.4 is 45.7 Å². The van der Waals surface area contributed by atoms with Gasteiger partial charge >= 0.3 is 29.6 Å². The number of aromatic nitrogens is 1. The molecule has 160 valence electrons. The number of anilines is 1. The van der Waals surface area contributed by atoms with Gasteiger partial charge in [-0.05, 0) is 18.4 Å². The summed E-state index contributed by atoms with van der Waals surface area (Å²) in [5.74, 6) is -2.27. The molecule has 2 amide bonds. The van der Waals surface area contributed by atoms with Gasteiger partial charge in [-0.15, -0.1) is 23.1 Å². The molecule has 3 N–H and O–H groups in total. The van der Waals surface area contributed by atoms with Gasteiger partial charge in [0.25, 0.3) is 11.8 Å². The van der Waals surface area contributed by atoms with Crippen molar-refractivity contribution in [2.24, 2.45) is 5.16 Å². The van der Waals surface area contributed by atoms with Gasteiger partial charge in [-0.2, -0.15) is 0 Å². The Kier molecular flexibility index (Phi) is 7.65. The number of nitrogens with two attached hydrogens (primary N) is 1. The summed E-state index contributed by atoms with van der Waals surface area (Å²) in [5, 5.41) is 19.3. The molecule has 4 rings (SSSR count). The molecular formula is C17H18N5NaO6S2. The summed E-state index contributed by atoms with van der Waals surface area (Å²) < 4.78 is 5.60. The molecule has 2 fully saturated rings. The number of thioether (sulfide) groups is 1. The zero-order valence-corrected chi connectivity index (χ0v) is 20.5. The van der Waals surface area contributed by atoms with Crippen LogP contribution in [-0.4, -0.2) is 70.4 Å². The van der Waals surface area contributed by atoms with Gasteiger partial charge < -0.3 is 30.5 Å². The van der Waals surface area contributed by atoms with Gasteiger partial charge in [-0.3, -0.25) is 14.5 Å². The zero-order chi connectivity index (χ0) is 21.4. The van der Waals surface area contributed by atoms with Crippen molar-refractivity contribution in [3.8, 4) is 0 Å². The maximum absolute atomic E-state index is 12.8. The van der Waals surface area contributed by atoms with E-state index in [0.717, 1.165) is 17.8 Å². The maximum atomic E-state index is 12.8. The molecule has 0 saturated carbocycles. The normalized spacial score (nSPS) is 25.5. The number of hydrogen-bond acceptors (Lipinski definition) is 11. The number of hydrogen-bond donors (Lipinski definition) is 2. The van der Waals surface area contributed by atoms with E-state index in [1.54, 1.807) is 5.38 Å². The van der Waals surface area contributed by atoms with Gasteiger partial charge in [0.1, 0.15) is 24.2 Å². The number of oxime groups is 1. The van der Waals surface area contributed by atoms with Crippen molar-refractivity contribution in [2.75, 3.05) is 25.2 Å². The Morgan fingerprint density at radius 2 is 2.26 bits per heavy atom. The van der Waals surface area contributed by atoms with E-state index < -0.39 is 29.2 Å². The molecule has 0 unspecified atom stereocenters. The van der Waals surface area contributed by atoms with E-state index in [1.165, 1.54) is 23.8 Å². The van der Waals surface area contributed by atoms with Crippen LogP contribution in [0.4, 0.5) is 5.13 Å². The van der Waals surface area contributed by atoms with Crippen LogP contribution in [0.1, 0.15) is 18.5 Å².